The molecule has 1 N–H and O–H groups in total. The maximum atomic E-state index is 12.1. The molecule has 1 aliphatic rings. The third kappa shape index (κ3) is 2.69. The number of carbonyl (C=O) groups excluding carboxylic acids is 1. The van der Waals surface area contributed by atoms with Crippen LogP contribution in [-0.2, 0) is 0 Å². The zero-order chi connectivity index (χ0) is 16.5. The highest BCUT2D eigenvalue weighted by Crippen LogP contribution is 2.34. The smallest absolute Gasteiger partial charge is 0.279 e. The lowest BCUT2D eigenvalue weighted by Gasteiger charge is -2.18. The number of amides is 1. The van der Waals surface area contributed by atoms with Gasteiger partial charge in [0, 0.05) is 17.7 Å². The van der Waals surface area contributed by atoms with Gasteiger partial charge < -0.3 is 23.8 Å². The molecule has 0 fully saturated rings. The molecule has 0 saturated heterocycles. The van der Waals surface area contributed by atoms with Crippen LogP contribution in [0.2, 0.25) is 0 Å². The molecule has 4 rings (SSSR count). The van der Waals surface area contributed by atoms with Gasteiger partial charge in [-0.25, -0.2) is 0 Å². The van der Waals surface area contributed by atoms with Gasteiger partial charge in [-0.2, -0.15) is 0 Å². The van der Waals surface area contributed by atoms with Gasteiger partial charge in [-0.3, -0.25) is 4.79 Å². The van der Waals surface area contributed by atoms with Crippen molar-refractivity contribution in [1.82, 2.24) is 10.3 Å². The van der Waals surface area contributed by atoms with Crippen molar-refractivity contribution in [3.8, 4) is 22.8 Å². The fraction of sp³-hybridized carbons (Fsp3) is 0.188. The topological polar surface area (TPSA) is 99.6 Å². The van der Waals surface area contributed by atoms with E-state index in [4.69, 9.17) is 18.5 Å². The van der Waals surface area contributed by atoms with E-state index in [1.54, 1.807) is 31.2 Å². The van der Waals surface area contributed by atoms with Gasteiger partial charge in [-0.15, -0.1) is 0 Å². The molecular formula is C16H13N3O5. The van der Waals surface area contributed by atoms with Crippen molar-refractivity contribution in [1.29, 1.82) is 0 Å². The molecule has 2 aromatic heterocycles. The third-order valence-electron chi connectivity index (χ3n) is 3.44. The second-order valence-electron chi connectivity index (χ2n) is 5.21. The van der Waals surface area contributed by atoms with E-state index >= 15 is 0 Å². The summed E-state index contributed by atoms with van der Waals surface area (Å²) in [5.74, 6) is 2.26. The Hall–Kier alpha value is -3.29. The predicted octanol–water partition coefficient (Wildman–Crippen LogP) is 2.66. The monoisotopic (exact) mass is 327 g/mol. The lowest BCUT2D eigenvalue weighted by molar-refractivity contribution is 0.101. The van der Waals surface area contributed by atoms with E-state index in [0.717, 1.165) is 5.56 Å². The number of nitrogens with one attached hydrogen (secondary N) is 1. The average molecular weight is 327 g/mol. The van der Waals surface area contributed by atoms with Crippen LogP contribution >= 0.6 is 0 Å². The molecule has 0 unspecified atom stereocenters. The second kappa shape index (κ2) is 5.73. The van der Waals surface area contributed by atoms with Gasteiger partial charge in [-0.05, 0) is 25.1 Å². The first kappa shape index (κ1) is 14.3. The minimum Gasteiger partial charge on any atom is -0.486 e. The van der Waals surface area contributed by atoms with E-state index in [2.05, 4.69) is 15.6 Å². The summed E-state index contributed by atoms with van der Waals surface area (Å²) in [7, 11) is 0. The lowest BCUT2D eigenvalue weighted by Crippen LogP contribution is -2.15. The first-order valence-corrected chi connectivity index (χ1v) is 7.30. The maximum Gasteiger partial charge on any atom is 0.279 e. The number of aryl methyl sites for hydroxylation is 1. The Kier molecular flexibility index (Phi) is 3.42. The molecular weight excluding hydrogens is 314 g/mol. The largest absolute Gasteiger partial charge is 0.486 e. The molecule has 0 atom stereocenters. The number of anilines is 1. The molecule has 8 nitrogen and oxygen atoms in total. The average Bonchev–Trinajstić information content (AvgIpc) is 3.24. The molecule has 1 aromatic carbocycles. The number of carbonyl (C=O) groups is 1. The zero-order valence-electron chi connectivity index (χ0n) is 12.7. The Balaban J connectivity index is 1.55. The fourth-order valence-corrected chi connectivity index (χ4v) is 2.32. The van der Waals surface area contributed by atoms with Crippen LogP contribution in [0.4, 0.5) is 5.82 Å². The summed E-state index contributed by atoms with van der Waals surface area (Å²) in [6.45, 7) is 2.76. The summed E-state index contributed by atoms with van der Waals surface area (Å²) in [5, 5.41) is 10.1. The van der Waals surface area contributed by atoms with Crippen LogP contribution in [0.5, 0.6) is 11.5 Å². The molecule has 0 spiro atoms. The van der Waals surface area contributed by atoms with Crippen molar-refractivity contribution >= 4 is 11.7 Å². The van der Waals surface area contributed by atoms with Crippen LogP contribution in [0.3, 0.4) is 0 Å². The van der Waals surface area contributed by atoms with Crippen LogP contribution in [0.1, 0.15) is 16.2 Å². The highest BCUT2D eigenvalue weighted by atomic mass is 16.6. The van der Waals surface area contributed by atoms with Crippen molar-refractivity contribution in [2.45, 2.75) is 6.92 Å². The van der Waals surface area contributed by atoms with Crippen LogP contribution in [0, 0.1) is 6.92 Å². The first-order valence-electron chi connectivity index (χ1n) is 7.30. The van der Waals surface area contributed by atoms with E-state index in [1.807, 2.05) is 6.07 Å². The summed E-state index contributed by atoms with van der Waals surface area (Å²) in [5.41, 5.74) is 0.878. The van der Waals surface area contributed by atoms with Crippen molar-refractivity contribution in [3.63, 3.8) is 0 Å². The minimum atomic E-state index is -0.434. The van der Waals surface area contributed by atoms with E-state index < -0.39 is 5.91 Å². The fourth-order valence-electron chi connectivity index (χ4n) is 2.32. The number of hydrogen-bond donors (Lipinski definition) is 1. The molecule has 122 valence electrons. The van der Waals surface area contributed by atoms with Crippen LogP contribution in [-0.4, -0.2) is 29.4 Å². The van der Waals surface area contributed by atoms with Crippen molar-refractivity contribution in [2.24, 2.45) is 0 Å². The van der Waals surface area contributed by atoms with Gasteiger partial charge >= 0.3 is 0 Å². The summed E-state index contributed by atoms with van der Waals surface area (Å²) in [6.07, 6.45) is 0. The van der Waals surface area contributed by atoms with Crippen molar-refractivity contribution in [2.75, 3.05) is 18.5 Å². The van der Waals surface area contributed by atoms with Crippen molar-refractivity contribution in [3.05, 3.63) is 41.8 Å². The number of aromatic nitrogens is 2. The number of hydrogen-bond acceptors (Lipinski definition) is 7. The van der Waals surface area contributed by atoms with E-state index in [0.29, 0.717) is 42.1 Å². The number of nitrogens with zero attached hydrogens (tertiary/aromatic N) is 2. The Morgan fingerprint density at radius 1 is 1.04 bits per heavy atom. The van der Waals surface area contributed by atoms with Crippen LogP contribution in [0.15, 0.2) is 39.4 Å². The Bertz CT molecular complexity index is 899. The van der Waals surface area contributed by atoms with Crippen LogP contribution in [0.25, 0.3) is 11.3 Å². The van der Waals surface area contributed by atoms with Gasteiger partial charge in [0.1, 0.15) is 19.0 Å². The van der Waals surface area contributed by atoms with Gasteiger partial charge in [0.25, 0.3) is 5.91 Å². The highest BCUT2D eigenvalue weighted by Gasteiger charge is 2.18. The molecule has 1 aliphatic heterocycles. The van der Waals surface area contributed by atoms with E-state index in [-0.39, 0.29) is 5.69 Å². The number of fused-ring (bicyclic) bond motifs is 1. The van der Waals surface area contributed by atoms with Gasteiger partial charge in [0.05, 0.1) is 0 Å². The van der Waals surface area contributed by atoms with Gasteiger partial charge in [-0.1, -0.05) is 10.3 Å². The quantitative estimate of drug-likeness (QED) is 0.789. The molecule has 3 aromatic rings. The molecule has 0 aliphatic carbocycles. The maximum absolute atomic E-state index is 12.1. The number of rotatable bonds is 3. The molecule has 3 heterocycles. The molecule has 0 saturated carbocycles. The number of ether oxygens (including phenoxy) is 2. The Morgan fingerprint density at radius 2 is 1.88 bits per heavy atom. The van der Waals surface area contributed by atoms with Crippen molar-refractivity contribution < 1.29 is 23.3 Å². The highest BCUT2D eigenvalue weighted by molar-refractivity contribution is 6.02. The normalized spacial score (nSPS) is 12.9. The zero-order valence-corrected chi connectivity index (χ0v) is 12.7. The number of benzene rings is 1. The van der Waals surface area contributed by atoms with E-state index in [9.17, 15) is 4.79 Å². The van der Waals surface area contributed by atoms with Gasteiger partial charge in [0.15, 0.2) is 28.8 Å². The molecule has 8 heteroatoms. The third-order valence-corrected chi connectivity index (χ3v) is 3.44. The SMILES string of the molecule is Cc1cc(NC(=O)c2cc(-c3ccc4c(c3)OCCO4)on2)no1. The lowest BCUT2D eigenvalue weighted by atomic mass is 10.1. The Labute approximate surface area is 136 Å². The standard InChI is InChI=1S/C16H13N3O5/c1-9-6-15(19-23-9)17-16(20)11-8-13(24-18-11)10-2-3-12-14(7-10)22-5-4-21-12/h2-3,6-8H,4-5H2,1H3,(H,17,19,20). The summed E-state index contributed by atoms with van der Waals surface area (Å²) in [6, 6.07) is 8.56. The predicted molar refractivity (Wildman–Crippen MR) is 82.1 cm³/mol. The molecule has 0 bridgehead atoms. The molecule has 24 heavy (non-hydrogen) atoms. The summed E-state index contributed by atoms with van der Waals surface area (Å²) in [4.78, 5) is 12.1. The second-order valence-corrected chi connectivity index (χ2v) is 5.21. The Morgan fingerprint density at radius 3 is 2.67 bits per heavy atom. The minimum absolute atomic E-state index is 0.139. The first-order chi connectivity index (χ1) is 11.7. The summed E-state index contributed by atoms with van der Waals surface area (Å²) >= 11 is 0. The van der Waals surface area contributed by atoms with Gasteiger partial charge in [0.2, 0.25) is 0 Å². The molecule has 1 amide bonds. The summed E-state index contributed by atoms with van der Waals surface area (Å²) < 4.78 is 21.2. The van der Waals surface area contributed by atoms with Crippen LogP contribution < -0.4 is 14.8 Å². The van der Waals surface area contributed by atoms with E-state index in [1.165, 1.54) is 0 Å². The molecule has 0 radical (unpaired) electrons.